The smallest absolute Gasteiger partial charge is 0.303 e. The first-order chi connectivity index (χ1) is 8.74. The molecule has 6 nitrogen and oxygen atoms in total. The zero-order valence-corrected chi connectivity index (χ0v) is 9.57. The minimum Gasteiger partial charge on any atom is -0.485 e. The average Bonchev–Trinajstić information content (AvgIpc) is 2.88. The summed E-state index contributed by atoms with van der Waals surface area (Å²) in [5.74, 6) is 0.358. The lowest BCUT2D eigenvalue weighted by atomic mass is 10.1. The summed E-state index contributed by atoms with van der Waals surface area (Å²) in [6.07, 6.45) is 1.89. The minimum atomic E-state index is -0.799. The van der Waals surface area contributed by atoms with E-state index < -0.39 is 5.97 Å². The van der Waals surface area contributed by atoms with Crippen LogP contribution in [-0.4, -0.2) is 21.2 Å². The van der Waals surface area contributed by atoms with Crippen molar-refractivity contribution in [3.05, 3.63) is 42.0 Å². The first-order valence-electron chi connectivity index (χ1n) is 5.43. The highest BCUT2D eigenvalue weighted by molar-refractivity contribution is 5.67. The third kappa shape index (κ3) is 3.58. The van der Waals surface area contributed by atoms with Crippen molar-refractivity contribution in [3.8, 4) is 5.75 Å². The van der Waals surface area contributed by atoms with Gasteiger partial charge in [-0.2, -0.15) is 4.98 Å². The number of ether oxygens (including phenoxy) is 1. The van der Waals surface area contributed by atoms with Crippen LogP contribution >= 0.6 is 0 Å². The van der Waals surface area contributed by atoms with Crippen molar-refractivity contribution < 1.29 is 19.2 Å². The molecule has 1 aromatic heterocycles. The van der Waals surface area contributed by atoms with Crippen molar-refractivity contribution in [3.63, 3.8) is 0 Å². The Morgan fingerprint density at radius 1 is 1.33 bits per heavy atom. The first-order valence-corrected chi connectivity index (χ1v) is 5.43. The van der Waals surface area contributed by atoms with Crippen LogP contribution in [0.25, 0.3) is 0 Å². The van der Waals surface area contributed by atoms with Crippen molar-refractivity contribution in [1.29, 1.82) is 0 Å². The maximum atomic E-state index is 10.4. The Morgan fingerprint density at radius 3 is 2.72 bits per heavy atom. The van der Waals surface area contributed by atoms with Gasteiger partial charge in [-0.05, 0) is 24.1 Å². The molecule has 0 saturated carbocycles. The molecule has 0 radical (unpaired) electrons. The van der Waals surface area contributed by atoms with Gasteiger partial charge in [-0.3, -0.25) is 4.79 Å². The molecule has 18 heavy (non-hydrogen) atoms. The second-order valence-corrected chi connectivity index (χ2v) is 3.67. The van der Waals surface area contributed by atoms with Crippen LogP contribution in [0, 0.1) is 0 Å². The van der Waals surface area contributed by atoms with E-state index in [1.54, 1.807) is 12.1 Å². The Balaban J connectivity index is 1.85. The molecule has 1 heterocycles. The van der Waals surface area contributed by atoms with Gasteiger partial charge < -0.3 is 14.4 Å². The molecule has 0 atom stereocenters. The lowest BCUT2D eigenvalue weighted by molar-refractivity contribution is -0.136. The van der Waals surface area contributed by atoms with Gasteiger partial charge in [0.15, 0.2) is 6.61 Å². The minimum absolute atomic E-state index is 0.128. The molecule has 0 spiro atoms. The van der Waals surface area contributed by atoms with Crippen molar-refractivity contribution >= 4 is 5.97 Å². The Labute approximate surface area is 103 Å². The van der Waals surface area contributed by atoms with Crippen molar-refractivity contribution in [2.75, 3.05) is 0 Å². The molecule has 0 aliphatic rings. The molecular formula is C12H12N2O4. The van der Waals surface area contributed by atoms with E-state index in [0.717, 1.165) is 5.56 Å². The van der Waals surface area contributed by atoms with Crippen LogP contribution in [0.15, 0.2) is 35.2 Å². The third-order valence-electron chi connectivity index (χ3n) is 2.33. The molecule has 94 valence electrons. The van der Waals surface area contributed by atoms with Gasteiger partial charge in [0.2, 0.25) is 12.2 Å². The maximum Gasteiger partial charge on any atom is 0.303 e. The molecule has 1 aromatic carbocycles. The summed E-state index contributed by atoms with van der Waals surface area (Å²) >= 11 is 0. The highest BCUT2D eigenvalue weighted by atomic mass is 16.5. The van der Waals surface area contributed by atoms with Crippen molar-refractivity contribution in [2.24, 2.45) is 0 Å². The molecule has 0 saturated heterocycles. The van der Waals surface area contributed by atoms with Gasteiger partial charge in [-0.25, -0.2) is 0 Å². The molecule has 0 aliphatic heterocycles. The number of carboxylic acids is 1. The molecule has 6 heteroatoms. The number of aromatic nitrogens is 2. The third-order valence-corrected chi connectivity index (χ3v) is 2.33. The number of hydrogen-bond donors (Lipinski definition) is 1. The summed E-state index contributed by atoms with van der Waals surface area (Å²) in [4.78, 5) is 14.3. The molecule has 0 bridgehead atoms. The first kappa shape index (κ1) is 12.1. The van der Waals surface area contributed by atoms with Crippen LogP contribution in [0.5, 0.6) is 5.75 Å². The molecule has 1 N–H and O–H groups in total. The van der Waals surface area contributed by atoms with Crippen LogP contribution in [0.2, 0.25) is 0 Å². The quantitative estimate of drug-likeness (QED) is 0.836. The fraction of sp³-hybridized carbons (Fsp3) is 0.250. The van der Waals surface area contributed by atoms with E-state index in [1.165, 1.54) is 6.39 Å². The summed E-state index contributed by atoms with van der Waals surface area (Å²) in [6, 6.07) is 7.26. The number of benzene rings is 1. The van der Waals surface area contributed by atoms with Crippen LogP contribution in [0.4, 0.5) is 0 Å². The van der Waals surface area contributed by atoms with Gasteiger partial charge in [0.25, 0.3) is 0 Å². The van der Waals surface area contributed by atoms with E-state index in [9.17, 15) is 4.79 Å². The van der Waals surface area contributed by atoms with Gasteiger partial charge >= 0.3 is 5.97 Å². The van der Waals surface area contributed by atoms with Crippen molar-refractivity contribution in [1.82, 2.24) is 10.1 Å². The number of carbonyl (C=O) groups is 1. The van der Waals surface area contributed by atoms with Gasteiger partial charge in [0.1, 0.15) is 5.75 Å². The number of hydrogen-bond acceptors (Lipinski definition) is 5. The normalized spacial score (nSPS) is 10.2. The van der Waals surface area contributed by atoms with E-state index >= 15 is 0 Å². The Bertz CT molecular complexity index is 493. The van der Waals surface area contributed by atoms with E-state index in [1.807, 2.05) is 12.1 Å². The molecule has 2 rings (SSSR count). The van der Waals surface area contributed by atoms with E-state index in [-0.39, 0.29) is 13.0 Å². The average molecular weight is 248 g/mol. The van der Waals surface area contributed by atoms with Gasteiger partial charge in [0.05, 0.1) is 0 Å². The van der Waals surface area contributed by atoms with Crippen LogP contribution < -0.4 is 4.74 Å². The molecule has 0 unspecified atom stereocenters. The molecule has 2 aromatic rings. The number of carboxylic acid groups (broad SMARTS) is 1. The summed E-state index contributed by atoms with van der Waals surface area (Å²) in [7, 11) is 0. The topological polar surface area (TPSA) is 85.5 Å². The fourth-order valence-electron chi connectivity index (χ4n) is 1.41. The van der Waals surface area contributed by atoms with Crippen molar-refractivity contribution in [2.45, 2.75) is 19.4 Å². The number of aliphatic carboxylic acids is 1. The highest BCUT2D eigenvalue weighted by Gasteiger charge is 2.02. The predicted octanol–water partition coefficient (Wildman–Crippen LogP) is 1.67. The molecule has 0 aliphatic carbocycles. The summed E-state index contributed by atoms with van der Waals surface area (Å²) < 4.78 is 10.0. The largest absolute Gasteiger partial charge is 0.485 e. The predicted molar refractivity (Wildman–Crippen MR) is 61.0 cm³/mol. The van der Waals surface area contributed by atoms with Crippen LogP contribution in [0.1, 0.15) is 17.8 Å². The zero-order chi connectivity index (χ0) is 12.8. The molecule has 0 fully saturated rings. The summed E-state index contributed by atoms with van der Waals surface area (Å²) in [5, 5.41) is 12.2. The Kier molecular flexibility index (Phi) is 3.90. The summed E-state index contributed by atoms with van der Waals surface area (Å²) in [5.41, 5.74) is 0.962. The summed E-state index contributed by atoms with van der Waals surface area (Å²) in [6.45, 7) is 0.241. The Hall–Kier alpha value is -2.37. The van der Waals surface area contributed by atoms with Gasteiger partial charge in [-0.15, -0.1) is 0 Å². The second-order valence-electron chi connectivity index (χ2n) is 3.67. The van der Waals surface area contributed by atoms with Gasteiger partial charge in [-0.1, -0.05) is 17.3 Å². The van der Waals surface area contributed by atoms with E-state index in [0.29, 0.717) is 18.0 Å². The molecular weight excluding hydrogens is 236 g/mol. The number of rotatable bonds is 6. The van der Waals surface area contributed by atoms with E-state index in [4.69, 9.17) is 9.84 Å². The fourth-order valence-corrected chi connectivity index (χ4v) is 1.41. The monoisotopic (exact) mass is 248 g/mol. The van der Waals surface area contributed by atoms with Gasteiger partial charge in [0, 0.05) is 6.42 Å². The molecule has 0 amide bonds. The SMILES string of the molecule is O=C(O)CCc1ccc(OCc2ncon2)cc1. The highest BCUT2D eigenvalue weighted by Crippen LogP contribution is 2.14. The van der Waals surface area contributed by atoms with Crippen LogP contribution in [-0.2, 0) is 17.8 Å². The maximum absolute atomic E-state index is 10.4. The number of aryl methyl sites for hydroxylation is 1. The lowest BCUT2D eigenvalue weighted by Crippen LogP contribution is -1.99. The second kappa shape index (κ2) is 5.81. The van der Waals surface area contributed by atoms with Crippen LogP contribution in [0.3, 0.4) is 0 Å². The lowest BCUT2D eigenvalue weighted by Gasteiger charge is -2.04. The van der Waals surface area contributed by atoms with E-state index in [2.05, 4.69) is 14.7 Å². The Morgan fingerprint density at radius 2 is 2.11 bits per heavy atom. The standard InChI is InChI=1S/C12H12N2O4/c15-12(16)6-3-9-1-4-10(5-2-9)17-7-11-13-8-18-14-11/h1-2,4-5,8H,3,6-7H2,(H,15,16). The number of nitrogens with zero attached hydrogens (tertiary/aromatic N) is 2. The zero-order valence-electron chi connectivity index (χ0n) is 9.57.